The van der Waals surface area contributed by atoms with E-state index in [0.717, 1.165) is 11.1 Å². The smallest absolute Gasteiger partial charge is 0.192 e. The van der Waals surface area contributed by atoms with Gasteiger partial charge in [0.2, 0.25) is 0 Å². The summed E-state index contributed by atoms with van der Waals surface area (Å²) >= 11 is 0. The molecule has 2 rings (SSSR count). The Morgan fingerprint density at radius 2 is 1.60 bits per heavy atom. The maximum Gasteiger partial charge on any atom is 0.192 e. The van der Waals surface area contributed by atoms with E-state index in [9.17, 15) is 5.11 Å². The van der Waals surface area contributed by atoms with Gasteiger partial charge in [-0.1, -0.05) is 64.1 Å². The van der Waals surface area contributed by atoms with E-state index < -0.39 is 14.4 Å². The second-order valence-corrected chi connectivity index (χ2v) is 14.3. The highest BCUT2D eigenvalue weighted by Gasteiger charge is 2.41. The number of hydrogen-bond acceptors (Lipinski definition) is 4. The molecule has 2 aromatic rings. The van der Waals surface area contributed by atoms with Gasteiger partial charge in [0.25, 0.3) is 0 Å². The lowest BCUT2D eigenvalue weighted by molar-refractivity contribution is 0.0373. The summed E-state index contributed by atoms with van der Waals surface area (Å²) in [6, 6.07) is 16.0. The van der Waals surface area contributed by atoms with Crippen molar-refractivity contribution in [1.29, 1.82) is 0 Å². The standard InChI is InChI=1S/C25H38O4Si/c1-18(19(2)26)24(29-30(7,8)25(3,4)5)21-14-15-22(23(16-21)27-6)28-17-20-12-10-9-11-13-20/h9-16,18-19,24,26H,17H2,1-8H3/t18-,19?,24+/m1/s1. The normalized spacial score (nSPS) is 15.4. The summed E-state index contributed by atoms with van der Waals surface area (Å²) in [5, 5.41) is 10.4. The Labute approximate surface area is 183 Å². The minimum Gasteiger partial charge on any atom is -0.493 e. The van der Waals surface area contributed by atoms with Crippen LogP contribution >= 0.6 is 0 Å². The molecule has 0 saturated heterocycles. The Morgan fingerprint density at radius 3 is 2.13 bits per heavy atom. The monoisotopic (exact) mass is 430 g/mol. The number of aliphatic hydroxyl groups excluding tert-OH is 1. The van der Waals surface area contributed by atoms with Crippen molar-refractivity contribution in [1.82, 2.24) is 0 Å². The fraction of sp³-hybridized carbons (Fsp3) is 0.520. The zero-order valence-corrected chi connectivity index (χ0v) is 20.7. The minimum atomic E-state index is -2.04. The molecule has 0 bridgehead atoms. The van der Waals surface area contributed by atoms with Gasteiger partial charge in [-0.25, -0.2) is 0 Å². The van der Waals surface area contributed by atoms with E-state index in [4.69, 9.17) is 13.9 Å². The first-order valence-electron chi connectivity index (χ1n) is 10.7. The fourth-order valence-electron chi connectivity index (χ4n) is 2.94. The van der Waals surface area contributed by atoms with Crippen molar-refractivity contribution in [3.63, 3.8) is 0 Å². The molecule has 166 valence electrons. The molecule has 2 aromatic carbocycles. The molecular weight excluding hydrogens is 392 g/mol. The van der Waals surface area contributed by atoms with Gasteiger partial charge in [0.15, 0.2) is 19.8 Å². The molecule has 0 aromatic heterocycles. The molecule has 4 nitrogen and oxygen atoms in total. The van der Waals surface area contributed by atoms with Gasteiger partial charge in [-0.15, -0.1) is 0 Å². The van der Waals surface area contributed by atoms with Crippen molar-refractivity contribution in [2.75, 3.05) is 7.11 Å². The molecule has 0 aliphatic rings. The van der Waals surface area contributed by atoms with E-state index in [1.54, 1.807) is 7.11 Å². The first kappa shape index (κ1) is 24.4. The van der Waals surface area contributed by atoms with Crippen molar-refractivity contribution in [2.24, 2.45) is 5.92 Å². The summed E-state index contributed by atoms with van der Waals surface area (Å²) in [6.45, 7) is 15.5. The van der Waals surface area contributed by atoms with Crippen LogP contribution in [0.15, 0.2) is 48.5 Å². The van der Waals surface area contributed by atoms with Gasteiger partial charge in [-0.2, -0.15) is 0 Å². The number of rotatable bonds is 9. The van der Waals surface area contributed by atoms with Crippen LogP contribution in [0.4, 0.5) is 0 Å². The summed E-state index contributed by atoms with van der Waals surface area (Å²) in [5.74, 6) is 1.31. The topological polar surface area (TPSA) is 47.9 Å². The largest absolute Gasteiger partial charge is 0.493 e. The highest BCUT2D eigenvalue weighted by molar-refractivity contribution is 6.74. The molecule has 1 N–H and O–H groups in total. The van der Waals surface area contributed by atoms with Crippen molar-refractivity contribution in [2.45, 2.75) is 71.6 Å². The summed E-state index contributed by atoms with van der Waals surface area (Å²) in [6.07, 6.45) is -0.706. The maximum atomic E-state index is 10.3. The molecule has 0 spiro atoms. The molecule has 0 fully saturated rings. The third kappa shape index (κ3) is 6.09. The molecule has 0 amide bonds. The Kier molecular flexibility index (Phi) is 8.14. The van der Waals surface area contributed by atoms with E-state index in [-0.39, 0.29) is 17.1 Å². The lowest BCUT2D eigenvalue weighted by atomic mass is 9.93. The van der Waals surface area contributed by atoms with Crippen LogP contribution in [0.5, 0.6) is 11.5 Å². The molecule has 0 radical (unpaired) electrons. The Balaban J connectivity index is 2.32. The maximum absolute atomic E-state index is 10.3. The van der Waals surface area contributed by atoms with Crippen molar-refractivity contribution in [3.05, 3.63) is 59.7 Å². The zero-order valence-electron chi connectivity index (χ0n) is 19.7. The van der Waals surface area contributed by atoms with Crippen molar-refractivity contribution >= 4 is 8.32 Å². The molecular formula is C25H38O4Si. The van der Waals surface area contributed by atoms with E-state index >= 15 is 0 Å². The van der Waals surface area contributed by atoms with E-state index in [1.165, 1.54) is 0 Å². The molecule has 1 unspecified atom stereocenters. The van der Waals surface area contributed by atoms with Crippen LogP contribution in [0.25, 0.3) is 0 Å². The predicted molar refractivity (Wildman–Crippen MR) is 126 cm³/mol. The van der Waals surface area contributed by atoms with Crippen LogP contribution in [-0.4, -0.2) is 26.6 Å². The first-order valence-corrected chi connectivity index (χ1v) is 13.6. The molecule has 30 heavy (non-hydrogen) atoms. The van der Waals surface area contributed by atoms with Crippen LogP contribution in [0.3, 0.4) is 0 Å². The Bertz CT molecular complexity index is 797. The van der Waals surface area contributed by atoms with Crippen LogP contribution in [0.1, 0.15) is 51.8 Å². The van der Waals surface area contributed by atoms with Gasteiger partial charge < -0.3 is 19.0 Å². The van der Waals surface area contributed by atoms with E-state index in [0.29, 0.717) is 18.1 Å². The SMILES string of the molecule is COc1cc([C@@H](O[Si](C)(C)C(C)(C)C)[C@H](C)C(C)O)ccc1OCc1ccccc1. The highest BCUT2D eigenvalue weighted by atomic mass is 28.4. The summed E-state index contributed by atoms with van der Waals surface area (Å²) in [5.41, 5.74) is 2.10. The third-order valence-electron chi connectivity index (χ3n) is 6.22. The quantitative estimate of drug-likeness (QED) is 0.471. The zero-order chi connectivity index (χ0) is 22.5. The molecule has 0 aliphatic heterocycles. The van der Waals surface area contributed by atoms with Crippen LogP contribution < -0.4 is 9.47 Å². The molecule has 0 saturated carbocycles. The predicted octanol–water partition coefficient (Wildman–Crippen LogP) is 6.35. The minimum absolute atomic E-state index is 0.0556. The Hall–Kier alpha value is -1.82. The number of ether oxygens (including phenoxy) is 2. The van der Waals surface area contributed by atoms with Gasteiger partial charge in [0.05, 0.1) is 19.3 Å². The third-order valence-corrected chi connectivity index (χ3v) is 10.7. The molecule has 0 aliphatic carbocycles. The van der Waals surface area contributed by atoms with E-state index in [1.807, 2.05) is 62.4 Å². The van der Waals surface area contributed by atoms with Crippen LogP contribution in [0, 0.1) is 5.92 Å². The number of methoxy groups -OCH3 is 1. The summed E-state index contributed by atoms with van der Waals surface area (Å²) in [7, 11) is -0.394. The van der Waals surface area contributed by atoms with Gasteiger partial charge in [0.1, 0.15) is 6.61 Å². The van der Waals surface area contributed by atoms with Crippen molar-refractivity contribution in [3.8, 4) is 11.5 Å². The lowest BCUT2D eigenvalue weighted by Gasteiger charge is -2.41. The molecule has 0 heterocycles. The number of aliphatic hydroxyl groups is 1. The Morgan fingerprint density at radius 1 is 0.967 bits per heavy atom. The van der Waals surface area contributed by atoms with E-state index in [2.05, 4.69) is 33.9 Å². The average molecular weight is 431 g/mol. The lowest BCUT2D eigenvalue weighted by Crippen LogP contribution is -2.43. The first-order chi connectivity index (χ1) is 14.0. The summed E-state index contributed by atoms with van der Waals surface area (Å²) in [4.78, 5) is 0. The number of benzene rings is 2. The van der Waals surface area contributed by atoms with Gasteiger partial charge in [0, 0.05) is 5.92 Å². The summed E-state index contributed by atoms with van der Waals surface area (Å²) < 4.78 is 18.4. The molecule has 3 atom stereocenters. The van der Waals surface area contributed by atoms with Gasteiger partial charge in [-0.3, -0.25) is 0 Å². The van der Waals surface area contributed by atoms with Gasteiger partial charge in [-0.05, 0) is 48.3 Å². The van der Waals surface area contributed by atoms with Crippen LogP contribution in [-0.2, 0) is 11.0 Å². The number of hydrogen-bond donors (Lipinski definition) is 1. The van der Waals surface area contributed by atoms with Crippen LogP contribution in [0.2, 0.25) is 18.1 Å². The second kappa shape index (κ2) is 9.99. The van der Waals surface area contributed by atoms with Crippen molar-refractivity contribution < 1.29 is 19.0 Å². The average Bonchev–Trinajstić information content (AvgIpc) is 2.69. The second-order valence-electron chi connectivity index (χ2n) is 9.58. The molecule has 5 heteroatoms. The fourth-order valence-corrected chi connectivity index (χ4v) is 4.28. The highest BCUT2D eigenvalue weighted by Crippen LogP contribution is 2.43. The van der Waals surface area contributed by atoms with Gasteiger partial charge >= 0.3 is 0 Å².